The predicted octanol–water partition coefficient (Wildman–Crippen LogP) is 2.48. The van der Waals surface area contributed by atoms with Gasteiger partial charge < -0.3 is 10.3 Å². The second kappa shape index (κ2) is 4.96. The number of hydrogen-bond acceptors (Lipinski definition) is 5. The van der Waals surface area contributed by atoms with E-state index in [1.54, 1.807) is 36.8 Å². The zero-order valence-electron chi connectivity index (χ0n) is 10.4. The molecule has 0 aliphatic rings. The zero-order valence-corrected chi connectivity index (χ0v) is 10.4. The maximum Gasteiger partial charge on any atom is 0.295 e. The molecule has 0 amide bonds. The third kappa shape index (κ3) is 2.16. The number of non-ortho nitro benzene ring substituents is 1. The van der Waals surface area contributed by atoms with Crippen LogP contribution in [0.2, 0.25) is 0 Å². The summed E-state index contributed by atoms with van der Waals surface area (Å²) in [7, 11) is 0. The molecule has 3 rings (SSSR count). The third-order valence-corrected chi connectivity index (χ3v) is 2.95. The minimum Gasteiger partial charge on any atom is -0.377 e. The predicted molar refractivity (Wildman–Crippen MR) is 74.3 cm³/mol. The Morgan fingerprint density at radius 1 is 1.25 bits per heavy atom. The number of aromatic nitrogens is 3. The fourth-order valence-electron chi connectivity index (χ4n) is 2.03. The van der Waals surface area contributed by atoms with Gasteiger partial charge in [0.1, 0.15) is 11.3 Å². The van der Waals surface area contributed by atoms with Crippen LogP contribution >= 0.6 is 0 Å². The van der Waals surface area contributed by atoms with E-state index in [9.17, 15) is 10.1 Å². The first kappa shape index (κ1) is 12.1. The Morgan fingerprint density at radius 3 is 2.90 bits per heavy atom. The van der Waals surface area contributed by atoms with Crippen molar-refractivity contribution < 1.29 is 4.92 Å². The number of nitro benzene ring substituents is 1. The van der Waals surface area contributed by atoms with Gasteiger partial charge in [-0.15, -0.1) is 0 Å². The first-order valence-corrected chi connectivity index (χ1v) is 6.00. The van der Waals surface area contributed by atoms with Gasteiger partial charge in [-0.3, -0.25) is 10.1 Å². The van der Waals surface area contributed by atoms with Gasteiger partial charge in [-0.2, -0.15) is 0 Å². The lowest BCUT2D eigenvalue weighted by Crippen LogP contribution is -2.02. The van der Waals surface area contributed by atoms with E-state index in [1.165, 1.54) is 6.07 Å². The number of benzene rings is 1. The minimum atomic E-state index is -0.425. The molecule has 0 bridgehead atoms. The Kier molecular flexibility index (Phi) is 3.00. The van der Waals surface area contributed by atoms with E-state index in [2.05, 4.69) is 20.3 Å². The SMILES string of the molecule is O=[N+]([O-])c1ccc(NCc2ncc[nH]2)c2cccnc12. The summed E-state index contributed by atoms with van der Waals surface area (Å²) in [6.07, 6.45) is 4.96. The largest absolute Gasteiger partial charge is 0.377 e. The summed E-state index contributed by atoms with van der Waals surface area (Å²) in [4.78, 5) is 21.8. The molecule has 20 heavy (non-hydrogen) atoms. The average Bonchev–Trinajstić information content (AvgIpc) is 2.97. The molecular weight excluding hydrogens is 258 g/mol. The van der Waals surface area contributed by atoms with Gasteiger partial charge in [0.05, 0.1) is 11.5 Å². The Labute approximate surface area is 113 Å². The number of nitrogens with zero attached hydrogens (tertiary/aromatic N) is 3. The van der Waals surface area contributed by atoms with Crippen molar-refractivity contribution >= 4 is 22.3 Å². The van der Waals surface area contributed by atoms with E-state index < -0.39 is 4.92 Å². The number of fused-ring (bicyclic) bond motifs is 1. The molecule has 2 aromatic heterocycles. The van der Waals surface area contributed by atoms with Crippen LogP contribution in [0.3, 0.4) is 0 Å². The number of H-pyrrole nitrogens is 1. The molecular formula is C13H11N5O2. The molecule has 0 aliphatic heterocycles. The summed E-state index contributed by atoms with van der Waals surface area (Å²) < 4.78 is 0. The van der Waals surface area contributed by atoms with Crippen LogP contribution in [0.5, 0.6) is 0 Å². The molecule has 0 fully saturated rings. The molecule has 7 heteroatoms. The summed E-state index contributed by atoms with van der Waals surface area (Å²) in [5.41, 5.74) is 1.17. The third-order valence-electron chi connectivity index (χ3n) is 2.95. The van der Waals surface area contributed by atoms with Crippen molar-refractivity contribution in [3.05, 3.63) is 58.8 Å². The van der Waals surface area contributed by atoms with E-state index in [0.29, 0.717) is 17.4 Å². The number of imidazole rings is 1. The van der Waals surface area contributed by atoms with E-state index in [4.69, 9.17) is 0 Å². The first-order valence-electron chi connectivity index (χ1n) is 6.00. The van der Waals surface area contributed by atoms with Gasteiger partial charge in [-0.1, -0.05) is 0 Å². The molecule has 0 spiro atoms. The highest BCUT2D eigenvalue weighted by Crippen LogP contribution is 2.29. The van der Waals surface area contributed by atoms with Crippen LogP contribution in [-0.2, 0) is 6.54 Å². The molecule has 2 heterocycles. The maximum atomic E-state index is 11.0. The van der Waals surface area contributed by atoms with E-state index >= 15 is 0 Å². The Hall–Kier alpha value is -2.96. The summed E-state index contributed by atoms with van der Waals surface area (Å²) >= 11 is 0. The molecule has 1 aromatic carbocycles. The Bertz CT molecular complexity index is 755. The standard InChI is InChI=1S/C13H11N5O2/c19-18(20)11-4-3-10(9-2-1-5-16-13(9)11)17-8-12-14-6-7-15-12/h1-7,17H,8H2,(H,14,15). The molecule has 0 unspecified atom stereocenters. The molecule has 0 saturated heterocycles. The highest BCUT2D eigenvalue weighted by Gasteiger charge is 2.15. The van der Waals surface area contributed by atoms with Gasteiger partial charge >= 0.3 is 0 Å². The molecule has 7 nitrogen and oxygen atoms in total. The number of aromatic amines is 1. The molecule has 100 valence electrons. The lowest BCUT2D eigenvalue weighted by atomic mass is 10.1. The lowest BCUT2D eigenvalue weighted by molar-refractivity contribution is -0.383. The lowest BCUT2D eigenvalue weighted by Gasteiger charge is -2.08. The van der Waals surface area contributed by atoms with Crippen LogP contribution < -0.4 is 5.32 Å². The molecule has 0 saturated carbocycles. The molecule has 0 atom stereocenters. The summed E-state index contributed by atoms with van der Waals surface area (Å²) in [5, 5.41) is 14.9. The monoisotopic (exact) mass is 269 g/mol. The number of pyridine rings is 1. The second-order valence-corrected chi connectivity index (χ2v) is 4.18. The Balaban J connectivity index is 1.99. The van der Waals surface area contributed by atoms with Crippen LogP contribution in [-0.4, -0.2) is 19.9 Å². The van der Waals surface area contributed by atoms with Crippen molar-refractivity contribution in [2.24, 2.45) is 0 Å². The van der Waals surface area contributed by atoms with Crippen LogP contribution in [0, 0.1) is 10.1 Å². The highest BCUT2D eigenvalue weighted by molar-refractivity contribution is 5.96. The van der Waals surface area contributed by atoms with Crippen LogP contribution in [0.15, 0.2) is 42.9 Å². The van der Waals surface area contributed by atoms with Gasteiger partial charge in [0.25, 0.3) is 5.69 Å². The first-order chi connectivity index (χ1) is 9.75. The summed E-state index contributed by atoms with van der Waals surface area (Å²) in [6, 6.07) is 6.70. The van der Waals surface area contributed by atoms with Gasteiger partial charge in [0, 0.05) is 35.7 Å². The second-order valence-electron chi connectivity index (χ2n) is 4.18. The van der Waals surface area contributed by atoms with Crippen molar-refractivity contribution in [2.75, 3.05) is 5.32 Å². The fraction of sp³-hybridized carbons (Fsp3) is 0.0769. The van der Waals surface area contributed by atoms with Crippen molar-refractivity contribution in [1.82, 2.24) is 15.0 Å². The normalized spacial score (nSPS) is 10.6. The van der Waals surface area contributed by atoms with Crippen LogP contribution in [0.25, 0.3) is 10.9 Å². The zero-order chi connectivity index (χ0) is 13.9. The number of rotatable bonds is 4. The van der Waals surface area contributed by atoms with Crippen LogP contribution in [0.1, 0.15) is 5.82 Å². The van der Waals surface area contributed by atoms with E-state index in [0.717, 1.165) is 11.5 Å². The molecule has 3 aromatic rings. The van der Waals surface area contributed by atoms with E-state index in [1.807, 2.05) is 0 Å². The van der Waals surface area contributed by atoms with Gasteiger partial charge in [-0.25, -0.2) is 9.97 Å². The van der Waals surface area contributed by atoms with Crippen molar-refractivity contribution in [3.8, 4) is 0 Å². The average molecular weight is 269 g/mol. The van der Waals surface area contributed by atoms with Gasteiger partial charge in [-0.05, 0) is 18.2 Å². The minimum absolute atomic E-state index is 0.00384. The maximum absolute atomic E-state index is 11.0. The van der Waals surface area contributed by atoms with E-state index in [-0.39, 0.29) is 5.69 Å². The van der Waals surface area contributed by atoms with Crippen molar-refractivity contribution in [2.45, 2.75) is 6.54 Å². The number of anilines is 1. The molecule has 0 radical (unpaired) electrons. The summed E-state index contributed by atoms with van der Waals surface area (Å²) in [5.74, 6) is 0.792. The van der Waals surface area contributed by atoms with Crippen molar-refractivity contribution in [1.29, 1.82) is 0 Å². The number of hydrogen-bond donors (Lipinski definition) is 2. The molecule has 2 N–H and O–H groups in total. The fourth-order valence-corrected chi connectivity index (χ4v) is 2.03. The van der Waals surface area contributed by atoms with Gasteiger partial charge in [0.2, 0.25) is 0 Å². The highest BCUT2D eigenvalue weighted by atomic mass is 16.6. The van der Waals surface area contributed by atoms with Crippen molar-refractivity contribution in [3.63, 3.8) is 0 Å². The van der Waals surface area contributed by atoms with Gasteiger partial charge in [0.15, 0.2) is 0 Å². The summed E-state index contributed by atoms with van der Waals surface area (Å²) in [6.45, 7) is 0.509. The number of nitro groups is 1. The number of nitrogens with one attached hydrogen (secondary N) is 2. The quantitative estimate of drug-likeness (QED) is 0.560. The smallest absolute Gasteiger partial charge is 0.295 e. The molecule has 0 aliphatic carbocycles. The topological polar surface area (TPSA) is 96.7 Å². The Morgan fingerprint density at radius 2 is 2.15 bits per heavy atom. The van der Waals surface area contributed by atoms with Crippen LogP contribution in [0.4, 0.5) is 11.4 Å².